The van der Waals surface area contributed by atoms with E-state index in [1.807, 2.05) is 6.92 Å². The highest BCUT2D eigenvalue weighted by Crippen LogP contribution is 2.45. The van der Waals surface area contributed by atoms with Crippen molar-refractivity contribution < 1.29 is 33.1 Å². The number of rotatable bonds is 9. The van der Waals surface area contributed by atoms with E-state index in [1.165, 1.54) is 42.5 Å². The molecule has 0 fully saturated rings. The first-order valence-electron chi connectivity index (χ1n) is 13.1. The molecular weight excluding hydrogens is 557 g/mol. The maximum Gasteiger partial charge on any atom is 0.343 e. The average Bonchev–Trinajstić information content (AvgIpc) is 3.00. The Bertz CT molecular complexity index is 1760. The zero-order valence-electron chi connectivity index (χ0n) is 22.8. The molecule has 1 unspecified atom stereocenters. The van der Waals surface area contributed by atoms with E-state index in [-0.39, 0.29) is 46.6 Å². The Morgan fingerprint density at radius 3 is 2.44 bits per heavy atom. The highest BCUT2D eigenvalue weighted by atomic mass is 19.1. The van der Waals surface area contributed by atoms with Gasteiger partial charge in [-0.3, -0.25) is 10.1 Å². The Kier molecular flexibility index (Phi) is 8.20. The molecule has 0 aromatic heterocycles. The third-order valence-electron chi connectivity index (χ3n) is 6.62. The molecule has 0 spiro atoms. The number of fused-ring (bicyclic) bond motifs is 1. The van der Waals surface area contributed by atoms with Crippen LogP contribution in [0.15, 0.2) is 96.4 Å². The number of nitrogens with zero attached hydrogens (tertiary/aromatic N) is 2. The summed E-state index contributed by atoms with van der Waals surface area (Å²) >= 11 is 0. The van der Waals surface area contributed by atoms with Gasteiger partial charge in [0.05, 0.1) is 23.0 Å². The van der Waals surface area contributed by atoms with Crippen molar-refractivity contribution in [3.8, 4) is 29.1 Å². The SMILES string of the molecule is CCOc1cc(C2C(C#N)=C(N)Oc3cc(OC(=O)c4ccc([N+](=O)[O-])cc4)ccc32)ccc1OCc1ccc(F)cc1. The van der Waals surface area contributed by atoms with Crippen LogP contribution in [0, 0.1) is 27.3 Å². The molecule has 0 saturated carbocycles. The Morgan fingerprint density at radius 1 is 1.02 bits per heavy atom. The lowest BCUT2D eigenvalue weighted by Gasteiger charge is -2.27. The number of nitro benzene ring substituents is 1. The van der Waals surface area contributed by atoms with Gasteiger partial charge in [-0.15, -0.1) is 0 Å². The molecule has 216 valence electrons. The van der Waals surface area contributed by atoms with Gasteiger partial charge in [0.2, 0.25) is 5.88 Å². The molecule has 2 N–H and O–H groups in total. The summed E-state index contributed by atoms with van der Waals surface area (Å²) in [4.78, 5) is 23.0. The zero-order valence-corrected chi connectivity index (χ0v) is 22.8. The van der Waals surface area contributed by atoms with Gasteiger partial charge in [0.15, 0.2) is 11.5 Å². The largest absolute Gasteiger partial charge is 0.490 e. The second kappa shape index (κ2) is 12.3. The monoisotopic (exact) mass is 581 g/mol. The van der Waals surface area contributed by atoms with Crippen LogP contribution in [0.1, 0.15) is 39.9 Å². The summed E-state index contributed by atoms with van der Waals surface area (Å²) in [6.45, 7) is 2.38. The number of hydrogen-bond donors (Lipinski definition) is 1. The Hall–Kier alpha value is -5.89. The number of non-ortho nitro benzene ring substituents is 1. The summed E-state index contributed by atoms with van der Waals surface area (Å²) in [6, 6.07) is 23.1. The molecule has 1 aliphatic rings. The van der Waals surface area contributed by atoms with Gasteiger partial charge in [0.1, 0.15) is 35.6 Å². The molecule has 10 nitrogen and oxygen atoms in total. The van der Waals surface area contributed by atoms with E-state index in [2.05, 4.69) is 6.07 Å². The number of ether oxygens (including phenoxy) is 4. The number of nitro groups is 1. The first-order chi connectivity index (χ1) is 20.8. The van der Waals surface area contributed by atoms with E-state index in [9.17, 15) is 24.6 Å². The summed E-state index contributed by atoms with van der Waals surface area (Å²) in [5.74, 6) is -0.451. The minimum atomic E-state index is -0.721. The first-order valence-corrected chi connectivity index (χ1v) is 13.1. The number of hydrogen-bond acceptors (Lipinski definition) is 9. The maximum absolute atomic E-state index is 13.3. The van der Waals surface area contributed by atoms with Crippen LogP contribution < -0.4 is 24.7 Å². The van der Waals surface area contributed by atoms with E-state index in [1.54, 1.807) is 42.5 Å². The smallest absolute Gasteiger partial charge is 0.343 e. The maximum atomic E-state index is 13.3. The van der Waals surface area contributed by atoms with Crippen LogP contribution in [0.3, 0.4) is 0 Å². The number of nitriles is 1. The highest BCUT2D eigenvalue weighted by molar-refractivity contribution is 5.91. The lowest BCUT2D eigenvalue weighted by molar-refractivity contribution is -0.384. The number of allylic oxidation sites excluding steroid dienone is 1. The van der Waals surface area contributed by atoms with Gasteiger partial charge in [0.25, 0.3) is 5.69 Å². The van der Waals surface area contributed by atoms with Gasteiger partial charge in [-0.05, 0) is 60.5 Å². The normalized spacial score (nSPS) is 13.7. The summed E-state index contributed by atoms with van der Waals surface area (Å²) < 4.78 is 36.3. The molecule has 1 heterocycles. The quantitative estimate of drug-likeness (QED) is 0.106. The van der Waals surface area contributed by atoms with Crippen LogP contribution in [-0.4, -0.2) is 17.5 Å². The van der Waals surface area contributed by atoms with E-state index >= 15 is 0 Å². The van der Waals surface area contributed by atoms with Crippen molar-refractivity contribution in [2.75, 3.05) is 6.61 Å². The van der Waals surface area contributed by atoms with Crippen LogP contribution in [0.5, 0.6) is 23.0 Å². The molecule has 4 aromatic carbocycles. The third kappa shape index (κ3) is 6.23. The van der Waals surface area contributed by atoms with Gasteiger partial charge in [-0.1, -0.05) is 24.3 Å². The number of nitrogens with two attached hydrogens (primary N) is 1. The molecule has 4 aromatic rings. The van der Waals surface area contributed by atoms with E-state index in [0.29, 0.717) is 29.2 Å². The van der Waals surface area contributed by atoms with E-state index < -0.39 is 16.8 Å². The minimum Gasteiger partial charge on any atom is -0.490 e. The van der Waals surface area contributed by atoms with Crippen LogP contribution >= 0.6 is 0 Å². The van der Waals surface area contributed by atoms with Crippen LogP contribution in [-0.2, 0) is 6.61 Å². The molecule has 1 aliphatic heterocycles. The van der Waals surface area contributed by atoms with Crippen molar-refractivity contribution in [1.82, 2.24) is 0 Å². The van der Waals surface area contributed by atoms with Crippen LogP contribution in [0.2, 0.25) is 0 Å². The van der Waals surface area contributed by atoms with Gasteiger partial charge >= 0.3 is 5.97 Å². The molecule has 0 saturated heterocycles. The lowest BCUT2D eigenvalue weighted by atomic mass is 9.83. The summed E-state index contributed by atoms with van der Waals surface area (Å²) in [5, 5.41) is 20.9. The lowest BCUT2D eigenvalue weighted by Crippen LogP contribution is -2.21. The van der Waals surface area contributed by atoms with E-state index in [0.717, 1.165) is 5.56 Å². The van der Waals surface area contributed by atoms with Crippen molar-refractivity contribution >= 4 is 11.7 Å². The Morgan fingerprint density at radius 2 is 1.77 bits per heavy atom. The molecule has 0 radical (unpaired) electrons. The molecule has 0 bridgehead atoms. The molecule has 0 amide bonds. The van der Waals surface area contributed by atoms with Crippen LogP contribution in [0.25, 0.3) is 0 Å². The molecule has 11 heteroatoms. The van der Waals surface area contributed by atoms with Crippen molar-refractivity contribution in [3.63, 3.8) is 0 Å². The fourth-order valence-electron chi connectivity index (χ4n) is 4.56. The number of halogens is 1. The van der Waals surface area contributed by atoms with Gasteiger partial charge in [-0.25, -0.2) is 9.18 Å². The average molecular weight is 582 g/mol. The third-order valence-corrected chi connectivity index (χ3v) is 6.62. The Balaban J connectivity index is 1.42. The standard InChI is InChI=1S/C32H24FN3O7/c1-2-40-29-15-21(7-14-27(29)41-18-19-3-8-22(33)9-4-19)30-25-13-12-24(16-28(25)43-31(35)26(30)17-34)42-32(37)20-5-10-23(11-6-20)36(38)39/h3-16,30H,2,18,35H2,1H3. The van der Waals surface area contributed by atoms with Crippen LogP contribution in [0.4, 0.5) is 10.1 Å². The number of carbonyl (C=O) groups excluding carboxylic acids is 1. The van der Waals surface area contributed by atoms with E-state index in [4.69, 9.17) is 24.7 Å². The molecule has 0 aliphatic carbocycles. The van der Waals surface area contributed by atoms with Gasteiger partial charge in [-0.2, -0.15) is 5.26 Å². The number of benzene rings is 4. The first kappa shape index (κ1) is 28.6. The summed E-state index contributed by atoms with van der Waals surface area (Å²) in [6.07, 6.45) is 0. The van der Waals surface area contributed by atoms with Gasteiger partial charge < -0.3 is 24.7 Å². The second-order valence-corrected chi connectivity index (χ2v) is 9.37. The molecular formula is C32H24FN3O7. The van der Waals surface area contributed by atoms with Crippen molar-refractivity contribution in [3.05, 3.63) is 135 Å². The van der Waals surface area contributed by atoms with Gasteiger partial charge in [0, 0.05) is 23.8 Å². The summed E-state index contributed by atoms with van der Waals surface area (Å²) in [5.41, 5.74) is 8.36. The minimum absolute atomic E-state index is 0.103. The number of carbonyl (C=O) groups is 1. The Labute approximate surface area is 245 Å². The highest BCUT2D eigenvalue weighted by Gasteiger charge is 2.32. The predicted octanol–water partition coefficient (Wildman–Crippen LogP) is 6.15. The predicted molar refractivity (Wildman–Crippen MR) is 152 cm³/mol. The molecule has 5 rings (SSSR count). The van der Waals surface area contributed by atoms with Crippen molar-refractivity contribution in [2.45, 2.75) is 19.4 Å². The topological polar surface area (TPSA) is 147 Å². The fraction of sp³-hybridized carbons (Fsp3) is 0.125. The molecule has 43 heavy (non-hydrogen) atoms. The zero-order chi connectivity index (χ0) is 30.5. The molecule has 1 atom stereocenters. The van der Waals surface area contributed by atoms with Crippen molar-refractivity contribution in [1.29, 1.82) is 5.26 Å². The second-order valence-electron chi connectivity index (χ2n) is 9.37. The summed E-state index contributed by atoms with van der Waals surface area (Å²) in [7, 11) is 0. The number of esters is 1. The van der Waals surface area contributed by atoms with Crippen molar-refractivity contribution in [2.24, 2.45) is 5.73 Å². The fourth-order valence-corrected chi connectivity index (χ4v) is 4.56.